The lowest BCUT2D eigenvalue weighted by Crippen LogP contribution is -2.50. The predicted octanol–water partition coefficient (Wildman–Crippen LogP) is 5.38. The molecule has 3 aromatic carbocycles. The van der Waals surface area contributed by atoms with Crippen molar-refractivity contribution in [3.05, 3.63) is 77.9 Å². The number of rotatable bonds is 5. The zero-order valence-corrected chi connectivity index (χ0v) is 19.5. The molecule has 0 saturated heterocycles. The van der Waals surface area contributed by atoms with E-state index in [1.807, 2.05) is 80.6 Å². The van der Waals surface area contributed by atoms with Gasteiger partial charge < -0.3 is 14.2 Å². The number of carbonyl (C=O) groups is 1. The maximum absolute atomic E-state index is 13.9. The fraction of sp³-hybridized carbons (Fsp3) is 0.231. The number of anilines is 1. The van der Waals surface area contributed by atoms with Gasteiger partial charge in [0, 0.05) is 0 Å². The first-order chi connectivity index (χ1) is 16.0. The summed E-state index contributed by atoms with van der Waals surface area (Å²) in [6, 6.07) is 21.2. The van der Waals surface area contributed by atoms with E-state index in [1.54, 1.807) is 12.0 Å². The number of ether oxygens (including phenoxy) is 3. The largest absolute Gasteiger partial charge is 0.494 e. The van der Waals surface area contributed by atoms with Crippen LogP contribution < -0.4 is 19.1 Å². The van der Waals surface area contributed by atoms with Crippen LogP contribution in [0.25, 0.3) is 10.2 Å². The highest BCUT2D eigenvalue weighted by Gasteiger charge is 2.38. The first-order valence-electron chi connectivity index (χ1n) is 10.8. The molecule has 2 heterocycles. The first-order valence-corrected chi connectivity index (χ1v) is 11.6. The SMILES string of the molecule is COc1ccc(C)c2sc(N(Cc3ccccc3)C(=O)C3Oc4ccccc4OC3C)nc12. The lowest BCUT2D eigenvalue weighted by Gasteiger charge is -2.33. The third kappa shape index (κ3) is 4.00. The zero-order valence-electron chi connectivity index (χ0n) is 18.6. The Morgan fingerprint density at radius 3 is 2.45 bits per heavy atom. The number of para-hydroxylation sites is 2. The Morgan fingerprint density at radius 1 is 1.03 bits per heavy atom. The van der Waals surface area contributed by atoms with Crippen LogP contribution in [0.3, 0.4) is 0 Å². The molecule has 4 aromatic rings. The highest BCUT2D eigenvalue weighted by atomic mass is 32.1. The summed E-state index contributed by atoms with van der Waals surface area (Å²) in [5, 5.41) is 0.598. The van der Waals surface area contributed by atoms with Gasteiger partial charge in [-0.25, -0.2) is 4.98 Å². The molecular formula is C26H24N2O4S. The van der Waals surface area contributed by atoms with Crippen LogP contribution in [0, 0.1) is 6.92 Å². The molecule has 0 spiro atoms. The van der Waals surface area contributed by atoms with E-state index in [1.165, 1.54) is 11.3 Å². The molecule has 6 nitrogen and oxygen atoms in total. The van der Waals surface area contributed by atoms with Crippen molar-refractivity contribution in [2.45, 2.75) is 32.6 Å². The maximum atomic E-state index is 13.9. The topological polar surface area (TPSA) is 60.9 Å². The average Bonchev–Trinajstić information content (AvgIpc) is 3.29. The summed E-state index contributed by atoms with van der Waals surface area (Å²) in [5.74, 6) is 1.70. The monoisotopic (exact) mass is 460 g/mol. The van der Waals surface area contributed by atoms with Gasteiger partial charge in [-0.2, -0.15) is 0 Å². The van der Waals surface area contributed by atoms with Gasteiger partial charge in [-0.1, -0.05) is 59.9 Å². The van der Waals surface area contributed by atoms with Crippen LogP contribution in [0.5, 0.6) is 17.2 Å². The molecule has 2 atom stereocenters. The molecular weight excluding hydrogens is 436 g/mol. The van der Waals surface area contributed by atoms with Gasteiger partial charge in [-0.05, 0) is 43.2 Å². The summed E-state index contributed by atoms with van der Waals surface area (Å²) in [6.07, 6.45) is -1.24. The van der Waals surface area contributed by atoms with Gasteiger partial charge in [0.25, 0.3) is 5.91 Å². The molecule has 0 saturated carbocycles. The second kappa shape index (κ2) is 8.75. The van der Waals surface area contributed by atoms with Crippen molar-refractivity contribution < 1.29 is 19.0 Å². The average molecular weight is 461 g/mol. The molecule has 0 aliphatic carbocycles. The minimum atomic E-state index is -0.793. The number of methoxy groups -OCH3 is 1. The lowest BCUT2D eigenvalue weighted by molar-refractivity contribution is -0.130. The van der Waals surface area contributed by atoms with Crippen molar-refractivity contribution in [2.75, 3.05) is 12.0 Å². The quantitative estimate of drug-likeness (QED) is 0.400. The molecule has 7 heteroatoms. The number of benzene rings is 3. The molecule has 1 aromatic heterocycles. The Morgan fingerprint density at radius 2 is 1.73 bits per heavy atom. The van der Waals surface area contributed by atoms with Gasteiger partial charge in [-0.15, -0.1) is 0 Å². The number of thiazole rings is 1. The normalized spacial score (nSPS) is 17.1. The van der Waals surface area contributed by atoms with Crippen LogP contribution in [0.4, 0.5) is 5.13 Å². The van der Waals surface area contributed by atoms with Crippen LogP contribution in [-0.4, -0.2) is 30.2 Å². The number of amides is 1. The molecule has 0 bridgehead atoms. The molecule has 1 amide bonds. The summed E-state index contributed by atoms with van der Waals surface area (Å²) >= 11 is 1.48. The molecule has 1 aliphatic rings. The third-order valence-electron chi connectivity index (χ3n) is 5.68. The van der Waals surface area contributed by atoms with E-state index in [9.17, 15) is 4.79 Å². The summed E-state index contributed by atoms with van der Waals surface area (Å²) in [5.41, 5.74) is 2.84. The van der Waals surface area contributed by atoms with E-state index in [0.717, 1.165) is 21.3 Å². The maximum Gasteiger partial charge on any atom is 0.274 e. The van der Waals surface area contributed by atoms with E-state index in [4.69, 9.17) is 19.2 Å². The van der Waals surface area contributed by atoms with E-state index in [2.05, 4.69) is 0 Å². The van der Waals surface area contributed by atoms with Crippen LogP contribution in [0.1, 0.15) is 18.1 Å². The van der Waals surface area contributed by atoms with Crippen molar-refractivity contribution in [2.24, 2.45) is 0 Å². The van der Waals surface area contributed by atoms with E-state index < -0.39 is 12.2 Å². The Kier molecular flexibility index (Phi) is 5.64. The number of aryl methyl sites for hydroxylation is 1. The number of nitrogens with zero attached hydrogens (tertiary/aromatic N) is 2. The van der Waals surface area contributed by atoms with Crippen LogP contribution in [0.2, 0.25) is 0 Å². The molecule has 2 unspecified atom stereocenters. The van der Waals surface area contributed by atoms with Gasteiger partial charge in [0.2, 0.25) is 6.10 Å². The van der Waals surface area contributed by atoms with Crippen molar-refractivity contribution in [3.63, 3.8) is 0 Å². The lowest BCUT2D eigenvalue weighted by atomic mass is 10.1. The van der Waals surface area contributed by atoms with E-state index >= 15 is 0 Å². The Labute approximate surface area is 196 Å². The summed E-state index contributed by atoms with van der Waals surface area (Å²) in [4.78, 5) is 20.4. The van der Waals surface area contributed by atoms with Crippen molar-refractivity contribution in [1.29, 1.82) is 0 Å². The first kappa shape index (κ1) is 21.3. The number of carbonyl (C=O) groups excluding carboxylic acids is 1. The standard InChI is InChI=1S/C26H24N2O4S/c1-16-13-14-21(30-3)22-24(16)33-26(27-22)28(15-18-9-5-4-6-10-18)25(29)23-17(2)31-19-11-7-8-12-20(19)32-23/h4-14,17,23H,15H2,1-3H3. The number of fused-ring (bicyclic) bond motifs is 2. The number of hydrogen-bond donors (Lipinski definition) is 0. The van der Waals surface area contributed by atoms with Gasteiger partial charge in [0.1, 0.15) is 17.4 Å². The molecule has 0 radical (unpaired) electrons. The van der Waals surface area contributed by atoms with Crippen molar-refractivity contribution in [3.8, 4) is 17.2 Å². The fourth-order valence-corrected chi connectivity index (χ4v) is 4.98. The highest BCUT2D eigenvalue weighted by Crippen LogP contribution is 2.39. The summed E-state index contributed by atoms with van der Waals surface area (Å²) in [7, 11) is 1.63. The second-order valence-corrected chi connectivity index (χ2v) is 8.95. The van der Waals surface area contributed by atoms with E-state index in [0.29, 0.717) is 28.9 Å². The fourth-order valence-electron chi connectivity index (χ4n) is 3.93. The summed E-state index contributed by atoms with van der Waals surface area (Å²) < 4.78 is 18.6. The minimum Gasteiger partial charge on any atom is -0.494 e. The molecule has 168 valence electrons. The second-order valence-electron chi connectivity index (χ2n) is 7.98. The summed E-state index contributed by atoms with van der Waals surface area (Å²) in [6.45, 7) is 4.25. The molecule has 33 heavy (non-hydrogen) atoms. The molecule has 0 fully saturated rings. The predicted molar refractivity (Wildman–Crippen MR) is 129 cm³/mol. The highest BCUT2D eigenvalue weighted by molar-refractivity contribution is 7.22. The Bertz CT molecular complexity index is 1300. The van der Waals surface area contributed by atoms with Crippen LogP contribution in [0.15, 0.2) is 66.7 Å². The molecule has 0 N–H and O–H groups in total. The van der Waals surface area contributed by atoms with Gasteiger partial charge in [0.15, 0.2) is 16.6 Å². The number of hydrogen-bond acceptors (Lipinski definition) is 6. The Hall–Kier alpha value is -3.58. The molecule has 1 aliphatic heterocycles. The number of aromatic nitrogens is 1. The minimum absolute atomic E-state index is 0.198. The van der Waals surface area contributed by atoms with Crippen molar-refractivity contribution >= 4 is 32.6 Å². The Balaban J connectivity index is 1.56. The smallest absolute Gasteiger partial charge is 0.274 e. The van der Waals surface area contributed by atoms with Gasteiger partial charge >= 0.3 is 0 Å². The van der Waals surface area contributed by atoms with Crippen LogP contribution >= 0.6 is 11.3 Å². The van der Waals surface area contributed by atoms with Crippen LogP contribution in [-0.2, 0) is 11.3 Å². The van der Waals surface area contributed by atoms with Gasteiger partial charge in [0.05, 0.1) is 18.4 Å². The molecule has 5 rings (SSSR count). The van der Waals surface area contributed by atoms with E-state index in [-0.39, 0.29) is 5.91 Å². The van der Waals surface area contributed by atoms with Crippen molar-refractivity contribution in [1.82, 2.24) is 4.98 Å². The third-order valence-corrected chi connectivity index (χ3v) is 6.89. The van der Waals surface area contributed by atoms with Gasteiger partial charge in [-0.3, -0.25) is 9.69 Å². The zero-order chi connectivity index (χ0) is 22.9.